The average Bonchev–Trinajstić information content (AvgIpc) is 3.94. The van der Waals surface area contributed by atoms with Gasteiger partial charge >= 0.3 is 0 Å². The topological polar surface area (TPSA) is 35.5 Å². The van der Waals surface area contributed by atoms with Gasteiger partial charge in [0.1, 0.15) is 34.2 Å². The van der Waals surface area contributed by atoms with Crippen molar-refractivity contribution in [1.29, 1.82) is 0 Å². The van der Waals surface area contributed by atoms with Gasteiger partial charge in [-0.05, 0) is 29.2 Å². The first kappa shape index (κ1) is 22.4. The van der Waals surface area contributed by atoms with Gasteiger partial charge in [-0.15, -0.1) is 34.0 Å². The molecule has 16 rings (SSSR count). The average molecular weight is 663 g/mol. The molecule has 3 aliphatic rings. The summed E-state index contributed by atoms with van der Waals surface area (Å²) in [6.07, 6.45) is 6.83. The summed E-state index contributed by atoms with van der Waals surface area (Å²) in [6.45, 7) is 0. The van der Waals surface area contributed by atoms with Crippen LogP contribution < -0.4 is 4.74 Å². The quantitative estimate of drug-likeness (QED) is 0.152. The Kier molecular flexibility index (Phi) is 3.09. The molecule has 6 heterocycles. The number of rotatable bonds is 0. The molecule has 0 N–H and O–H groups in total. The van der Waals surface area contributed by atoms with Crippen LogP contribution in [0.3, 0.4) is 0 Å². The van der Waals surface area contributed by atoms with E-state index in [4.69, 9.17) is 13.6 Å². The molecule has 0 saturated heterocycles. The maximum atomic E-state index is 7.11. The van der Waals surface area contributed by atoms with Gasteiger partial charge in [0.05, 0.1) is 5.92 Å². The van der Waals surface area contributed by atoms with Crippen LogP contribution in [0.5, 0.6) is 5.75 Å². The Morgan fingerprint density at radius 1 is 0.521 bits per heavy atom. The molecule has 0 saturated carbocycles. The lowest BCUT2D eigenvalue weighted by Gasteiger charge is -2.21. The van der Waals surface area contributed by atoms with Crippen LogP contribution >= 0.6 is 34.0 Å². The van der Waals surface area contributed by atoms with Gasteiger partial charge in [0.2, 0.25) is 0 Å². The number of thiophene rings is 3. The second-order valence-electron chi connectivity index (χ2n) is 14.1. The van der Waals surface area contributed by atoms with Crippen LogP contribution in [0.15, 0.2) is 79.6 Å². The first-order chi connectivity index (χ1) is 23.8. The lowest BCUT2D eigenvalue weighted by Crippen LogP contribution is -2.18. The zero-order valence-corrected chi connectivity index (χ0v) is 27.0. The van der Waals surface area contributed by atoms with E-state index in [1.807, 2.05) is 34.0 Å². The van der Waals surface area contributed by atoms with Crippen molar-refractivity contribution in [2.24, 2.45) is 0 Å². The zero-order chi connectivity index (χ0) is 30.0. The number of hydrogen-bond donors (Lipinski definition) is 0. The van der Waals surface area contributed by atoms with E-state index in [1.54, 1.807) is 0 Å². The van der Waals surface area contributed by atoms with Gasteiger partial charge in [-0.25, -0.2) is 0 Å². The van der Waals surface area contributed by atoms with Crippen LogP contribution in [0.1, 0.15) is 16.4 Å². The molecule has 5 aromatic heterocycles. The molecule has 0 fully saturated rings. The minimum atomic E-state index is -0.0256. The molecule has 2 unspecified atom stereocenters. The van der Waals surface area contributed by atoms with Gasteiger partial charge in [0.25, 0.3) is 0 Å². The summed E-state index contributed by atoms with van der Waals surface area (Å²) in [6, 6.07) is 13.3. The number of hydrogen-bond acceptors (Lipinski definition) is 6. The second-order valence-corrected chi connectivity index (χ2v) is 16.7. The summed E-state index contributed by atoms with van der Waals surface area (Å²) in [7, 11) is 0. The van der Waals surface area contributed by atoms with E-state index in [1.165, 1.54) is 122 Å². The third-order valence-electron chi connectivity index (χ3n) is 12.4. The lowest BCUT2D eigenvalue weighted by molar-refractivity contribution is 0.274. The van der Waals surface area contributed by atoms with E-state index in [9.17, 15) is 0 Å². The molecule has 0 spiro atoms. The number of allylic oxidation sites excluding steroid dienone is 2. The lowest BCUT2D eigenvalue weighted by atomic mass is 9.80. The maximum absolute atomic E-state index is 7.11. The summed E-state index contributed by atoms with van der Waals surface area (Å²) < 4.78 is 23.8. The van der Waals surface area contributed by atoms with Crippen molar-refractivity contribution in [3.8, 4) is 5.75 Å². The summed E-state index contributed by atoms with van der Waals surface area (Å²) >= 11 is 5.59. The van der Waals surface area contributed by atoms with E-state index < -0.39 is 0 Å². The van der Waals surface area contributed by atoms with Crippen molar-refractivity contribution < 1.29 is 13.6 Å². The van der Waals surface area contributed by atoms with Gasteiger partial charge in [-0.3, -0.25) is 0 Å². The van der Waals surface area contributed by atoms with Gasteiger partial charge in [0, 0.05) is 128 Å². The van der Waals surface area contributed by atoms with Crippen molar-refractivity contribution in [1.82, 2.24) is 0 Å². The number of benzene rings is 6. The molecule has 13 aromatic rings. The van der Waals surface area contributed by atoms with E-state index >= 15 is 0 Å². The molecule has 0 amide bonds. The predicted molar refractivity (Wildman–Crippen MR) is 204 cm³/mol. The van der Waals surface area contributed by atoms with E-state index in [0.717, 1.165) is 28.1 Å². The monoisotopic (exact) mass is 662 g/mol. The fourth-order valence-corrected chi connectivity index (χ4v) is 14.1. The van der Waals surface area contributed by atoms with Crippen molar-refractivity contribution in [2.75, 3.05) is 0 Å². The Morgan fingerprint density at radius 3 is 1.88 bits per heavy atom. The van der Waals surface area contributed by atoms with Gasteiger partial charge in [-0.1, -0.05) is 36.4 Å². The highest BCUT2D eigenvalue weighted by molar-refractivity contribution is 7.20. The van der Waals surface area contributed by atoms with Gasteiger partial charge in [-0.2, -0.15) is 0 Å². The van der Waals surface area contributed by atoms with E-state index in [-0.39, 0.29) is 12.0 Å². The van der Waals surface area contributed by atoms with Crippen LogP contribution in [0.2, 0.25) is 0 Å². The molecule has 2 aliphatic carbocycles. The fourth-order valence-electron chi connectivity index (χ4n) is 10.9. The SMILES string of the molecule is C1=CC2Oc3c4c5c6c7c(scc7c7oc8cccc9c%10scc%11c%12oc%13cccc%14c%15scc3c%15c5c(c%12c%13%14)c(c%11%10)c6c7c89)C(=C1)C42. The number of ether oxygens (including phenoxy) is 1. The fraction of sp³-hybridized carbons (Fsp3) is 0.0476. The van der Waals surface area contributed by atoms with E-state index in [2.05, 4.69) is 70.8 Å². The Labute approximate surface area is 279 Å². The standard InChI is InChI=1S/C42H14O3S3/c1-4-13-22-19(7-1)43-37-17-11-47-41-14-5-2-9-21-24(14)36-33-29(26(17)41)31(34(22)37)28-25-16(10-46-40(13)25)38-35-23-15(6-3-8-20(23)44-38)42-27(30(33)32(28)35)18(12-48-42)39(36)45-21/h1-12,19,22H. The Bertz CT molecular complexity index is 3780. The Morgan fingerprint density at radius 2 is 1.12 bits per heavy atom. The Hall–Kier alpha value is -5.14. The van der Waals surface area contributed by atoms with Crippen molar-refractivity contribution >= 4 is 168 Å². The molecule has 48 heavy (non-hydrogen) atoms. The molecule has 0 radical (unpaired) electrons. The smallest absolute Gasteiger partial charge is 0.144 e. The molecule has 0 bridgehead atoms. The molecular formula is C42H14O3S3. The third kappa shape index (κ3) is 1.92. The maximum Gasteiger partial charge on any atom is 0.144 e. The van der Waals surface area contributed by atoms with Crippen LogP contribution in [-0.2, 0) is 0 Å². The molecule has 1 aliphatic heterocycles. The predicted octanol–water partition coefficient (Wildman–Crippen LogP) is 13.5. The van der Waals surface area contributed by atoms with Crippen LogP contribution in [0.4, 0.5) is 0 Å². The zero-order valence-electron chi connectivity index (χ0n) is 24.5. The minimum absolute atomic E-state index is 0.0256. The highest BCUT2D eigenvalue weighted by atomic mass is 32.1. The minimum Gasteiger partial charge on any atom is -0.484 e. The third-order valence-corrected chi connectivity index (χ3v) is 15.4. The highest BCUT2D eigenvalue weighted by Crippen LogP contribution is 2.66. The molecule has 3 nitrogen and oxygen atoms in total. The first-order valence-corrected chi connectivity index (χ1v) is 19.0. The van der Waals surface area contributed by atoms with Crippen molar-refractivity contribution in [3.05, 3.63) is 81.2 Å². The van der Waals surface area contributed by atoms with Crippen LogP contribution in [0, 0.1) is 0 Å². The first-order valence-electron chi connectivity index (χ1n) is 16.4. The second kappa shape index (κ2) is 6.61. The van der Waals surface area contributed by atoms with E-state index in [0.29, 0.717) is 0 Å². The molecular weight excluding hydrogens is 649 g/mol. The summed E-state index contributed by atoms with van der Waals surface area (Å²) in [4.78, 5) is 1.36. The van der Waals surface area contributed by atoms with Gasteiger partial charge < -0.3 is 13.6 Å². The molecule has 218 valence electrons. The molecule has 2 atom stereocenters. The molecule has 8 aromatic carbocycles. The largest absolute Gasteiger partial charge is 0.484 e. The number of fused-ring (bicyclic) bond motifs is 6. The molecule has 6 heteroatoms. The summed E-state index contributed by atoms with van der Waals surface area (Å²) in [5, 5.41) is 30.6. The summed E-state index contributed by atoms with van der Waals surface area (Å²) in [5.41, 5.74) is 6.71. The van der Waals surface area contributed by atoms with Crippen LogP contribution in [0.25, 0.3) is 134 Å². The van der Waals surface area contributed by atoms with Crippen LogP contribution in [-0.4, -0.2) is 6.10 Å². The highest BCUT2D eigenvalue weighted by Gasteiger charge is 2.45. The van der Waals surface area contributed by atoms with Crippen molar-refractivity contribution in [3.63, 3.8) is 0 Å². The van der Waals surface area contributed by atoms with Gasteiger partial charge in [0.15, 0.2) is 0 Å². The Balaban J connectivity index is 1.46. The van der Waals surface area contributed by atoms with Crippen molar-refractivity contribution in [2.45, 2.75) is 12.0 Å². The number of furan rings is 2. The normalized spacial score (nSPS) is 19.0. The summed E-state index contributed by atoms with van der Waals surface area (Å²) in [5.74, 6) is 1.22.